The van der Waals surface area contributed by atoms with E-state index in [-0.39, 0.29) is 5.82 Å². The Balaban J connectivity index is 2.11. The Morgan fingerprint density at radius 3 is 1.45 bits per heavy atom. The van der Waals surface area contributed by atoms with E-state index in [4.69, 9.17) is 0 Å². The predicted octanol–water partition coefficient (Wildman–Crippen LogP) is 6.47. The Hall–Kier alpha value is -2.28. The average molecular weight is 465 g/mol. The van der Waals surface area contributed by atoms with Crippen molar-refractivity contribution in [2.45, 2.75) is 13.1 Å². The second kappa shape index (κ2) is 7.86. The van der Waals surface area contributed by atoms with Crippen molar-refractivity contribution in [1.29, 1.82) is 0 Å². The van der Waals surface area contributed by atoms with Gasteiger partial charge in [0.1, 0.15) is 0 Å². The van der Waals surface area contributed by atoms with Crippen LogP contribution >= 0.6 is 20.8 Å². The number of halogens is 2. The quantitative estimate of drug-likeness (QED) is 0.296. The molecule has 0 amide bonds. The standard InChI is InChI=1S/C26H23BrFP/c1-21-12-11-13-22(26(21)28)20-29(27,23-14-5-2-6-15-23,24-16-7-3-8-17-24)25-18-9-4-10-19-25/h2-19H,20H2,1H3. The molecule has 3 heteroatoms. The monoisotopic (exact) mass is 464 g/mol. The predicted molar refractivity (Wildman–Crippen MR) is 129 cm³/mol. The van der Waals surface area contributed by atoms with Crippen molar-refractivity contribution < 1.29 is 4.39 Å². The van der Waals surface area contributed by atoms with Crippen molar-refractivity contribution in [3.63, 3.8) is 0 Å². The fourth-order valence-corrected chi connectivity index (χ4v) is 11.7. The minimum absolute atomic E-state index is 0.122. The van der Waals surface area contributed by atoms with Crippen molar-refractivity contribution in [3.05, 3.63) is 126 Å². The van der Waals surface area contributed by atoms with E-state index in [2.05, 4.69) is 88.3 Å². The van der Waals surface area contributed by atoms with Crippen molar-refractivity contribution in [3.8, 4) is 0 Å². The van der Waals surface area contributed by atoms with E-state index in [1.165, 1.54) is 15.9 Å². The van der Waals surface area contributed by atoms with E-state index >= 15 is 4.39 Å². The van der Waals surface area contributed by atoms with Crippen molar-refractivity contribution in [1.82, 2.24) is 0 Å². The summed E-state index contributed by atoms with van der Waals surface area (Å²) in [4.78, 5) is 0. The van der Waals surface area contributed by atoms with Gasteiger partial charge in [-0.2, -0.15) is 0 Å². The van der Waals surface area contributed by atoms with Gasteiger partial charge in [-0.15, -0.1) is 0 Å². The first kappa shape index (κ1) is 20.0. The summed E-state index contributed by atoms with van der Waals surface area (Å²) in [5.74, 6) is -0.122. The molecule has 4 aromatic carbocycles. The van der Waals surface area contributed by atoms with E-state index in [9.17, 15) is 0 Å². The van der Waals surface area contributed by atoms with Gasteiger partial charge >= 0.3 is 180 Å². The van der Waals surface area contributed by atoms with E-state index in [0.717, 1.165) is 5.56 Å². The van der Waals surface area contributed by atoms with Gasteiger partial charge in [0.05, 0.1) is 0 Å². The van der Waals surface area contributed by atoms with Crippen LogP contribution < -0.4 is 15.9 Å². The van der Waals surface area contributed by atoms with Gasteiger partial charge in [-0.05, 0) is 0 Å². The molecule has 0 unspecified atom stereocenters. The third-order valence-electron chi connectivity index (χ3n) is 5.62. The number of hydrogen-bond donors (Lipinski definition) is 0. The molecule has 29 heavy (non-hydrogen) atoms. The van der Waals surface area contributed by atoms with Crippen LogP contribution in [0.1, 0.15) is 11.1 Å². The van der Waals surface area contributed by atoms with Crippen LogP contribution in [0.4, 0.5) is 4.39 Å². The molecule has 0 saturated heterocycles. The number of rotatable bonds is 5. The van der Waals surface area contributed by atoms with Crippen molar-refractivity contribution in [2.75, 3.05) is 0 Å². The zero-order chi connectivity index (χ0) is 20.3. The molecule has 4 rings (SSSR count). The van der Waals surface area contributed by atoms with Gasteiger partial charge in [0, 0.05) is 0 Å². The second-order valence-corrected chi connectivity index (χ2v) is 16.3. The van der Waals surface area contributed by atoms with E-state index in [1.54, 1.807) is 0 Å². The van der Waals surface area contributed by atoms with E-state index < -0.39 is 5.31 Å². The van der Waals surface area contributed by atoms with Gasteiger partial charge in [-0.1, -0.05) is 0 Å². The molecule has 0 radical (unpaired) electrons. The molecule has 0 bridgehead atoms. The van der Waals surface area contributed by atoms with Gasteiger partial charge in [0.2, 0.25) is 0 Å². The zero-order valence-electron chi connectivity index (χ0n) is 16.3. The molecule has 0 aliphatic carbocycles. The molecule has 0 nitrogen and oxygen atoms in total. The van der Waals surface area contributed by atoms with Gasteiger partial charge in [0.15, 0.2) is 0 Å². The Labute approximate surface area is 180 Å². The summed E-state index contributed by atoms with van der Waals surface area (Å²) in [6.07, 6.45) is 0.567. The number of benzene rings is 4. The molecule has 0 N–H and O–H groups in total. The number of aryl methyl sites for hydroxylation is 1. The molecule has 0 atom stereocenters. The maximum absolute atomic E-state index is 15.2. The van der Waals surface area contributed by atoms with Crippen LogP contribution in [0.25, 0.3) is 0 Å². The summed E-state index contributed by atoms with van der Waals surface area (Å²) in [5, 5.41) is 0.410. The summed E-state index contributed by atoms with van der Waals surface area (Å²) in [6, 6.07) is 37.2. The van der Waals surface area contributed by atoms with Gasteiger partial charge in [0.25, 0.3) is 0 Å². The first-order valence-electron chi connectivity index (χ1n) is 9.67. The summed E-state index contributed by atoms with van der Waals surface area (Å²) in [6.45, 7) is 1.83. The first-order chi connectivity index (χ1) is 14.0. The summed E-state index contributed by atoms with van der Waals surface area (Å²) in [7, 11) is 0. The molecule has 4 aromatic rings. The number of hydrogen-bond acceptors (Lipinski definition) is 0. The molecule has 0 saturated carbocycles. The molecule has 0 aliphatic rings. The molecule has 0 fully saturated rings. The van der Waals surface area contributed by atoms with Crippen LogP contribution in [0.2, 0.25) is 0 Å². The van der Waals surface area contributed by atoms with Gasteiger partial charge < -0.3 is 0 Å². The summed E-state index contributed by atoms with van der Waals surface area (Å²) in [5.41, 5.74) is 1.41. The van der Waals surface area contributed by atoms with Crippen molar-refractivity contribution in [2.24, 2.45) is 0 Å². The molecular formula is C26H23BrFP. The fraction of sp³-hybridized carbons (Fsp3) is 0.0769. The Morgan fingerprint density at radius 1 is 0.621 bits per heavy atom. The zero-order valence-corrected chi connectivity index (χ0v) is 18.8. The molecule has 0 heterocycles. The Morgan fingerprint density at radius 2 is 1.03 bits per heavy atom. The van der Waals surface area contributed by atoms with E-state index in [0.29, 0.717) is 11.7 Å². The third-order valence-corrected chi connectivity index (χ3v) is 15.1. The third kappa shape index (κ3) is 3.35. The van der Waals surface area contributed by atoms with Gasteiger partial charge in [-0.25, -0.2) is 0 Å². The van der Waals surface area contributed by atoms with Crippen LogP contribution in [-0.2, 0) is 6.16 Å². The Bertz CT molecular complexity index is 1010. The average Bonchev–Trinajstić information content (AvgIpc) is 2.79. The van der Waals surface area contributed by atoms with Crippen LogP contribution in [0.3, 0.4) is 0 Å². The minimum atomic E-state index is -3.16. The SMILES string of the molecule is Cc1cccc(CP(Br)(c2ccccc2)(c2ccccc2)c2ccccc2)c1F. The normalized spacial score (nSPS) is 12.9. The molecule has 146 valence electrons. The van der Waals surface area contributed by atoms with Gasteiger partial charge in [-0.3, -0.25) is 0 Å². The molecule has 0 aliphatic heterocycles. The van der Waals surface area contributed by atoms with Crippen LogP contribution in [-0.4, -0.2) is 0 Å². The van der Waals surface area contributed by atoms with Crippen LogP contribution in [0.5, 0.6) is 0 Å². The van der Waals surface area contributed by atoms with Crippen LogP contribution in [0, 0.1) is 12.7 Å². The molecular weight excluding hydrogens is 442 g/mol. The maximum atomic E-state index is 15.2. The summed E-state index contributed by atoms with van der Waals surface area (Å²) < 4.78 is 15.2. The second-order valence-electron chi connectivity index (χ2n) is 7.40. The molecule has 0 aromatic heterocycles. The van der Waals surface area contributed by atoms with E-state index in [1.807, 2.05) is 43.3 Å². The fourth-order valence-electron chi connectivity index (χ4n) is 4.09. The summed E-state index contributed by atoms with van der Waals surface area (Å²) >= 11 is 4.38. The van der Waals surface area contributed by atoms with Crippen molar-refractivity contribution >= 4 is 36.7 Å². The van der Waals surface area contributed by atoms with Crippen LogP contribution in [0.15, 0.2) is 109 Å². The Kier molecular flexibility index (Phi) is 5.42. The molecule has 0 spiro atoms. The first-order valence-corrected chi connectivity index (χ1v) is 14.1. The topological polar surface area (TPSA) is 0 Å².